The Morgan fingerprint density at radius 1 is 1.37 bits per heavy atom. The summed E-state index contributed by atoms with van der Waals surface area (Å²) in [6.07, 6.45) is 5.22. The lowest BCUT2D eigenvalue weighted by atomic mass is 10.2. The summed E-state index contributed by atoms with van der Waals surface area (Å²) in [5.41, 5.74) is 2.34. The van der Waals surface area contributed by atoms with Crippen LogP contribution in [0.15, 0.2) is 36.9 Å². The average Bonchev–Trinajstić information content (AvgIpc) is 2.95. The topological polar surface area (TPSA) is 64.2 Å². The Morgan fingerprint density at radius 2 is 2.21 bits per heavy atom. The zero-order chi connectivity index (χ0) is 13.4. The highest BCUT2D eigenvalue weighted by molar-refractivity contribution is 6.04. The predicted molar refractivity (Wildman–Crippen MR) is 71.1 cm³/mol. The number of imidazole rings is 1. The van der Waals surface area contributed by atoms with Gasteiger partial charge in [0.1, 0.15) is 5.82 Å². The molecular formula is C13H13N5O. The SMILES string of the molecule is Cc1cc(NC(=O)c2ccn3cncc3c2)n(C)n1. The van der Waals surface area contributed by atoms with Crippen molar-refractivity contribution in [1.82, 2.24) is 19.2 Å². The highest BCUT2D eigenvalue weighted by Gasteiger charge is 2.10. The summed E-state index contributed by atoms with van der Waals surface area (Å²) in [4.78, 5) is 16.2. The maximum Gasteiger partial charge on any atom is 0.256 e. The maximum atomic E-state index is 12.2. The largest absolute Gasteiger partial charge is 0.307 e. The van der Waals surface area contributed by atoms with Crippen LogP contribution in [-0.4, -0.2) is 25.1 Å². The smallest absolute Gasteiger partial charge is 0.256 e. The lowest BCUT2D eigenvalue weighted by Gasteiger charge is -2.05. The van der Waals surface area contributed by atoms with Crippen molar-refractivity contribution in [3.63, 3.8) is 0 Å². The van der Waals surface area contributed by atoms with Crippen molar-refractivity contribution < 1.29 is 4.79 Å². The summed E-state index contributed by atoms with van der Waals surface area (Å²) >= 11 is 0. The molecule has 0 aliphatic heterocycles. The van der Waals surface area contributed by atoms with E-state index in [0.29, 0.717) is 11.4 Å². The molecule has 3 aromatic heterocycles. The van der Waals surface area contributed by atoms with Crippen molar-refractivity contribution in [2.24, 2.45) is 7.05 Å². The molecule has 0 bridgehead atoms. The van der Waals surface area contributed by atoms with Crippen molar-refractivity contribution in [2.45, 2.75) is 6.92 Å². The fourth-order valence-corrected chi connectivity index (χ4v) is 1.98. The number of hydrogen-bond donors (Lipinski definition) is 1. The van der Waals surface area contributed by atoms with Crippen molar-refractivity contribution in [3.05, 3.63) is 48.2 Å². The molecule has 0 radical (unpaired) electrons. The summed E-state index contributed by atoms with van der Waals surface area (Å²) in [7, 11) is 1.79. The zero-order valence-electron chi connectivity index (χ0n) is 10.7. The number of fused-ring (bicyclic) bond motifs is 1. The van der Waals surface area contributed by atoms with Crippen molar-refractivity contribution in [1.29, 1.82) is 0 Å². The Kier molecular flexibility index (Phi) is 2.56. The second-order valence-corrected chi connectivity index (χ2v) is 4.39. The number of amides is 1. The van der Waals surface area contributed by atoms with E-state index in [1.54, 1.807) is 36.4 Å². The number of anilines is 1. The molecule has 96 valence electrons. The first kappa shape index (κ1) is 11.5. The van der Waals surface area contributed by atoms with E-state index in [0.717, 1.165) is 11.2 Å². The Labute approximate surface area is 109 Å². The van der Waals surface area contributed by atoms with Crippen LogP contribution in [0.2, 0.25) is 0 Å². The molecule has 19 heavy (non-hydrogen) atoms. The first-order valence-corrected chi connectivity index (χ1v) is 5.87. The van der Waals surface area contributed by atoms with E-state index in [-0.39, 0.29) is 5.91 Å². The molecule has 0 spiro atoms. The summed E-state index contributed by atoms with van der Waals surface area (Å²) in [5.74, 6) is 0.516. The van der Waals surface area contributed by atoms with Crippen LogP contribution < -0.4 is 5.32 Å². The minimum Gasteiger partial charge on any atom is -0.307 e. The summed E-state index contributed by atoms with van der Waals surface area (Å²) in [6.45, 7) is 1.88. The van der Waals surface area contributed by atoms with Crippen LogP contribution in [0, 0.1) is 6.92 Å². The Balaban J connectivity index is 1.89. The molecule has 3 rings (SSSR count). The number of hydrogen-bond acceptors (Lipinski definition) is 3. The van der Waals surface area contributed by atoms with Crippen LogP contribution in [0.3, 0.4) is 0 Å². The number of aryl methyl sites for hydroxylation is 2. The van der Waals surface area contributed by atoms with Crippen LogP contribution in [0.1, 0.15) is 16.1 Å². The number of nitrogens with one attached hydrogen (secondary N) is 1. The summed E-state index contributed by atoms with van der Waals surface area (Å²) < 4.78 is 3.50. The molecule has 1 N–H and O–H groups in total. The minimum absolute atomic E-state index is 0.160. The van der Waals surface area contributed by atoms with Crippen molar-refractivity contribution >= 4 is 17.2 Å². The van der Waals surface area contributed by atoms with Gasteiger partial charge in [-0.25, -0.2) is 4.98 Å². The third-order valence-electron chi connectivity index (χ3n) is 2.92. The van der Waals surface area contributed by atoms with E-state index in [1.807, 2.05) is 23.6 Å². The molecule has 0 fully saturated rings. The van der Waals surface area contributed by atoms with Crippen LogP contribution in [0.25, 0.3) is 5.52 Å². The van der Waals surface area contributed by atoms with Gasteiger partial charge in [-0.2, -0.15) is 5.10 Å². The highest BCUT2D eigenvalue weighted by Crippen LogP contribution is 2.12. The predicted octanol–water partition coefficient (Wildman–Crippen LogP) is 1.63. The number of pyridine rings is 1. The van der Waals surface area contributed by atoms with Gasteiger partial charge in [-0.15, -0.1) is 0 Å². The second-order valence-electron chi connectivity index (χ2n) is 4.39. The van der Waals surface area contributed by atoms with E-state index in [4.69, 9.17) is 0 Å². The second kappa shape index (κ2) is 4.24. The lowest BCUT2D eigenvalue weighted by Crippen LogP contribution is -2.14. The number of aromatic nitrogens is 4. The zero-order valence-corrected chi connectivity index (χ0v) is 10.7. The molecule has 0 aliphatic rings. The molecule has 0 unspecified atom stereocenters. The van der Waals surface area contributed by atoms with Gasteiger partial charge in [0, 0.05) is 24.9 Å². The number of rotatable bonds is 2. The first-order valence-electron chi connectivity index (χ1n) is 5.87. The van der Waals surface area contributed by atoms with E-state index < -0.39 is 0 Å². The fraction of sp³-hybridized carbons (Fsp3) is 0.154. The normalized spacial score (nSPS) is 10.8. The number of carbonyl (C=O) groups is 1. The number of nitrogens with zero attached hydrogens (tertiary/aromatic N) is 4. The van der Waals surface area contributed by atoms with E-state index in [9.17, 15) is 4.79 Å². The Morgan fingerprint density at radius 3 is 2.95 bits per heavy atom. The minimum atomic E-state index is -0.160. The fourth-order valence-electron chi connectivity index (χ4n) is 1.98. The monoisotopic (exact) mass is 255 g/mol. The molecule has 0 aromatic carbocycles. The third kappa shape index (κ3) is 2.08. The molecule has 0 atom stereocenters. The van der Waals surface area contributed by atoms with Crippen LogP contribution >= 0.6 is 0 Å². The molecule has 3 aromatic rings. The first-order chi connectivity index (χ1) is 9.13. The molecule has 0 saturated carbocycles. The van der Waals surface area contributed by atoms with Gasteiger partial charge < -0.3 is 9.72 Å². The van der Waals surface area contributed by atoms with E-state index in [1.165, 1.54) is 0 Å². The molecule has 0 saturated heterocycles. The lowest BCUT2D eigenvalue weighted by molar-refractivity contribution is 0.102. The molecular weight excluding hydrogens is 242 g/mol. The van der Waals surface area contributed by atoms with Gasteiger partial charge in [0.05, 0.1) is 23.7 Å². The third-order valence-corrected chi connectivity index (χ3v) is 2.92. The highest BCUT2D eigenvalue weighted by atomic mass is 16.1. The molecule has 0 aliphatic carbocycles. The van der Waals surface area contributed by atoms with Crippen LogP contribution in [0.4, 0.5) is 5.82 Å². The van der Waals surface area contributed by atoms with E-state index in [2.05, 4.69) is 15.4 Å². The van der Waals surface area contributed by atoms with Crippen molar-refractivity contribution in [3.8, 4) is 0 Å². The van der Waals surface area contributed by atoms with Crippen molar-refractivity contribution in [2.75, 3.05) is 5.32 Å². The Bertz CT molecular complexity index is 755. The van der Waals surface area contributed by atoms with Gasteiger partial charge in [-0.05, 0) is 19.1 Å². The standard InChI is InChI=1S/C13H13N5O/c1-9-5-12(17(2)16-9)15-13(19)10-3-4-18-8-14-7-11(18)6-10/h3-8H,1-2H3,(H,15,19). The molecule has 3 heterocycles. The van der Waals surface area contributed by atoms with Gasteiger partial charge in [-0.3, -0.25) is 9.48 Å². The van der Waals surface area contributed by atoms with Gasteiger partial charge in [-0.1, -0.05) is 0 Å². The average molecular weight is 255 g/mol. The Hall–Kier alpha value is -2.63. The van der Waals surface area contributed by atoms with Gasteiger partial charge in [0.2, 0.25) is 0 Å². The molecule has 1 amide bonds. The van der Waals surface area contributed by atoms with Crippen LogP contribution in [-0.2, 0) is 7.05 Å². The summed E-state index contributed by atoms with van der Waals surface area (Å²) in [5, 5.41) is 7.02. The quantitative estimate of drug-likeness (QED) is 0.757. The van der Waals surface area contributed by atoms with Gasteiger partial charge >= 0.3 is 0 Å². The summed E-state index contributed by atoms with van der Waals surface area (Å²) in [6, 6.07) is 5.38. The van der Waals surface area contributed by atoms with Gasteiger partial charge in [0.25, 0.3) is 5.91 Å². The van der Waals surface area contributed by atoms with Gasteiger partial charge in [0.15, 0.2) is 0 Å². The maximum absolute atomic E-state index is 12.2. The van der Waals surface area contributed by atoms with E-state index >= 15 is 0 Å². The van der Waals surface area contributed by atoms with Crippen LogP contribution in [0.5, 0.6) is 0 Å². The molecule has 6 heteroatoms. The molecule has 6 nitrogen and oxygen atoms in total. The number of carbonyl (C=O) groups excluding carboxylic acids is 1.